The van der Waals surface area contributed by atoms with Crippen LogP contribution in [0.15, 0.2) is 65.7 Å². The van der Waals surface area contributed by atoms with E-state index < -0.39 is 4.92 Å². The van der Waals surface area contributed by atoms with E-state index in [9.17, 15) is 10.1 Å². The Morgan fingerprint density at radius 1 is 1.00 bits per heavy atom. The molecule has 3 aromatic rings. The molecule has 1 aliphatic heterocycles. The fraction of sp³-hybridized carbons (Fsp3) is 0.174. The number of benzene rings is 3. The molecule has 1 heterocycles. The average Bonchev–Trinajstić information content (AvgIpc) is 2.79. The first-order valence-corrected chi connectivity index (χ1v) is 9.92. The van der Waals surface area contributed by atoms with Crippen LogP contribution in [0.5, 0.6) is 11.5 Å². The Bertz CT molecular complexity index is 1180. The molecule has 0 unspecified atom stereocenters. The second-order valence-electron chi connectivity index (χ2n) is 7.01. The van der Waals surface area contributed by atoms with Gasteiger partial charge in [0.15, 0.2) is 0 Å². The predicted octanol–water partition coefficient (Wildman–Crippen LogP) is 3.69. The smallest absolute Gasteiger partial charge is 0.288 e. The van der Waals surface area contributed by atoms with Crippen LogP contribution in [0.2, 0.25) is 5.02 Å². The summed E-state index contributed by atoms with van der Waals surface area (Å²) in [6.45, 7) is 0.379. The molecular formula is C23H20ClN3O4. The third kappa shape index (κ3) is 4.18. The minimum atomic E-state index is -0.486. The van der Waals surface area contributed by atoms with Gasteiger partial charge in [0.25, 0.3) is 5.69 Å². The average molecular weight is 438 g/mol. The van der Waals surface area contributed by atoms with Crippen molar-refractivity contribution in [1.29, 1.82) is 0 Å². The molecule has 31 heavy (non-hydrogen) atoms. The number of nitro benzene ring substituents is 1. The van der Waals surface area contributed by atoms with Crippen LogP contribution in [-0.2, 0) is 0 Å². The van der Waals surface area contributed by atoms with Gasteiger partial charge < -0.3 is 14.4 Å². The predicted molar refractivity (Wildman–Crippen MR) is 118 cm³/mol. The number of halogens is 1. The van der Waals surface area contributed by atoms with Crippen molar-refractivity contribution in [2.75, 3.05) is 20.9 Å². The van der Waals surface area contributed by atoms with Crippen molar-refractivity contribution in [1.82, 2.24) is 4.90 Å². The zero-order chi connectivity index (χ0) is 22.0. The molecule has 0 atom stereocenters. The fourth-order valence-corrected chi connectivity index (χ4v) is 3.86. The molecule has 0 fully saturated rings. The van der Waals surface area contributed by atoms with E-state index in [1.807, 2.05) is 59.6 Å². The Morgan fingerprint density at radius 3 is 2.03 bits per heavy atom. The van der Waals surface area contributed by atoms with Crippen LogP contribution in [0.4, 0.5) is 5.69 Å². The van der Waals surface area contributed by atoms with E-state index in [1.54, 1.807) is 20.3 Å². The number of nitrogens with zero attached hydrogens (tertiary/aromatic N) is 3. The van der Waals surface area contributed by atoms with E-state index in [0.717, 1.165) is 22.6 Å². The van der Waals surface area contributed by atoms with Gasteiger partial charge in [0.1, 0.15) is 23.2 Å². The highest BCUT2D eigenvalue weighted by Crippen LogP contribution is 2.32. The van der Waals surface area contributed by atoms with Crippen LogP contribution in [0, 0.1) is 10.1 Å². The number of fused-ring (bicyclic) bond motifs is 1. The van der Waals surface area contributed by atoms with Crippen molar-refractivity contribution < 1.29 is 14.4 Å². The Hall–Kier alpha value is -3.58. The number of rotatable bonds is 6. The third-order valence-corrected chi connectivity index (χ3v) is 5.50. The molecule has 0 spiro atoms. The van der Waals surface area contributed by atoms with Crippen molar-refractivity contribution in [3.05, 3.63) is 97.5 Å². The molecule has 0 saturated carbocycles. The van der Waals surface area contributed by atoms with E-state index in [-0.39, 0.29) is 16.8 Å². The highest BCUT2D eigenvalue weighted by atomic mass is 35.5. The zero-order valence-corrected chi connectivity index (χ0v) is 17.7. The Balaban J connectivity index is 1.82. The summed E-state index contributed by atoms with van der Waals surface area (Å²) in [6.07, 6.45) is 1.89. The van der Waals surface area contributed by atoms with Gasteiger partial charge in [-0.2, -0.15) is 0 Å². The maximum atomic E-state index is 11.3. The number of hydrogen-bond donors (Lipinski definition) is 0. The zero-order valence-electron chi connectivity index (χ0n) is 17.0. The topological polar surface area (TPSA) is 77.2 Å². The summed E-state index contributed by atoms with van der Waals surface area (Å²) in [7, 11) is 3.25. The molecule has 7 nitrogen and oxygen atoms in total. The number of ether oxygens (including phenoxy) is 2. The van der Waals surface area contributed by atoms with E-state index in [2.05, 4.69) is 4.99 Å². The van der Waals surface area contributed by atoms with Crippen LogP contribution in [0.3, 0.4) is 0 Å². The first-order chi connectivity index (χ1) is 15.0. The van der Waals surface area contributed by atoms with E-state index >= 15 is 0 Å². The standard InChI is InChI=1S/C23H20ClN3O4/c1-30-18-7-3-15(4-8-18)23(16-5-9-19(31-2)10-6-16)26-13-17-11-22(27(28)29)20(24)12-21(17)25-14-26/h3-13,23H,14H2,1-2H3. The molecule has 0 aliphatic carbocycles. The van der Waals surface area contributed by atoms with Crippen molar-refractivity contribution in [2.24, 2.45) is 4.99 Å². The van der Waals surface area contributed by atoms with Gasteiger partial charge in [0.05, 0.1) is 30.5 Å². The normalized spacial score (nSPS) is 12.6. The SMILES string of the molecule is COc1ccc(C(c2ccc(OC)cc2)N2C=c3cc([N+](=O)[O-])c(Cl)cc3=NC2)cc1. The van der Waals surface area contributed by atoms with Crippen LogP contribution >= 0.6 is 11.6 Å². The molecule has 1 aliphatic rings. The Morgan fingerprint density at radius 2 is 1.55 bits per heavy atom. The van der Waals surface area contributed by atoms with Gasteiger partial charge in [-0.05, 0) is 41.5 Å². The first kappa shape index (κ1) is 20.7. The lowest BCUT2D eigenvalue weighted by Crippen LogP contribution is -2.38. The number of hydrogen-bond acceptors (Lipinski definition) is 6. The van der Waals surface area contributed by atoms with Gasteiger partial charge in [-0.1, -0.05) is 35.9 Å². The second-order valence-corrected chi connectivity index (χ2v) is 7.42. The Kier molecular flexibility index (Phi) is 5.77. The van der Waals surface area contributed by atoms with Crippen LogP contribution in [0.25, 0.3) is 6.20 Å². The summed E-state index contributed by atoms with van der Waals surface area (Å²) >= 11 is 6.05. The van der Waals surface area contributed by atoms with E-state index in [1.165, 1.54) is 6.07 Å². The molecule has 158 valence electrons. The van der Waals surface area contributed by atoms with Crippen LogP contribution < -0.4 is 20.0 Å². The van der Waals surface area contributed by atoms with Crippen molar-refractivity contribution in [3.63, 3.8) is 0 Å². The summed E-state index contributed by atoms with van der Waals surface area (Å²) in [4.78, 5) is 17.5. The monoisotopic (exact) mass is 437 g/mol. The minimum Gasteiger partial charge on any atom is -0.497 e. The summed E-state index contributed by atoms with van der Waals surface area (Å²) in [5, 5.41) is 12.7. The Labute approximate surface area is 184 Å². The van der Waals surface area contributed by atoms with Crippen LogP contribution in [-0.4, -0.2) is 30.7 Å². The third-order valence-electron chi connectivity index (χ3n) is 5.20. The maximum Gasteiger partial charge on any atom is 0.288 e. The highest BCUT2D eigenvalue weighted by molar-refractivity contribution is 6.32. The number of methoxy groups -OCH3 is 2. The molecule has 8 heteroatoms. The highest BCUT2D eigenvalue weighted by Gasteiger charge is 2.23. The van der Waals surface area contributed by atoms with Gasteiger partial charge >= 0.3 is 0 Å². The minimum absolute atomic E-state index is 0.0798. The summed E-state index contributed by atoms with van der Waals surface area (Å²) in [5.74, 6) is 1.53. The lowest BCUT2D eigenvalue weighted by Gasteiger charge is -2.31. The van der Waals surface area contributed by atoms with Crippen molar-refractivity contribution >= 4 is 23.5 Å². The fourth-order valence-electron chi connectivity index (χ4n) is 3.63. The van der Waals surface area contributed by atoms with Gasteiger partial charge in [-0.25, -0.2) is 0 Å². The lowest BCUT2D eigenvalue weighted by atomic mass is 9.97. The largest absolute Gasteiger partial charge is 0.497 e. The van der Waals surface area contributed by atoms with Crippen molar-refractivity contribution in [2.45, 2.75) is 6.04 Å². The quantitative estimate of drug-likeness (QED) is 0.434. The second kappa shape index (κ2) is 8.65. The molecule has 4 rings (SSSR count). The first-order valence-electron chi connectivity index (χ1n) is 9.54. The summed E-state index contributed by atoms with van der Waals surface area (Å²) in [6, 6.07) is 18.5. The maximum absolute atomic E-state index is 11.3. The van der Waals surface area contributed by atoms with Gasteiger partial charge in [-0.15, -0.1) is 0 Å². The molecule has 0 radical (unpaired) electrons. The summed E-state index contributed by atoms with van der Waals surface area (Å²) in [5.41, 5.74) is 1.92. The molecule has 0 amide bonds. The van der Waals surface area contributed by atoms with Gasteiger partial charge in [0, 0.05) is 17.5 Å². The lowest BCUT2D eigenvalue weighted by molar-refractivity contribution is -0.384. The van der Waals surface area contributed by atoms with E-state index in [0.29, 0.717) is 17.2 Å². The van der Waals surface area contributed by atoms with E-state index in [4.69, 9.17) is 21.1 Å². The molecule has 0 saturated heterocycles. The van der Waals surface area contributed by atoms with Crippen molar-refractivity contribution in [3.8, 4) is 11.5 Å². The number of nitro groups is 1. The van der Waals surface area contributed by atoms with Crippen LogP contribution in [0.1, 0.15) is 17.2 Å². The molecule has 0 aromatic heterocycles. The molecular weight excluding hydrogens is 418 g/mol. The molecule has 3 aromatic carbocycles. The summed E-state index contributed by atoms with van der Waals surface area (Å²) < 4.78 is 10.6. The van der Waals surface area contributed by atoms with Gasteiger partial charge in [-0.3, -0.25) is 15.1 Å². The molecule has 0 N–H and O–H groups in total. The van der Waals surface area contributed by atoms with Gasteiger partial charge in [0.2, 0.25) is 0 Å². The molecule has 0 bridgehead atoms.